The SMILES string of the molecule is CC(C)CNCC1CCC(C(C)C)CC1CCC(C)(C)C. The van der Waals surface area contributed by atoms with Gasteiger partial charge in [-0.1, -0.05) is 48.5 Å². The molecule has 0 saturated heterocycles. The molecule has 0 aliphatic heterocycles. The quantitative estimate of drug-likeness (QED) is 0.631. The highest BCUT2D eigenvalue weighted by molar-refractivity contribution is 4.84. The lowest BCUT2D eigenvalue weighted by molar-refractivity contribution is 0.125. The van der Waals surface area contributed by atoms with Gasteiger partial charge in [-0.25, -0.2) is 0 Å². The number of nitrogens with one attached hydrogen (secondary N) is 1. The highest BCUT2D eigenvalue weighted by Gasteiger charge is 2.32. The van der Waals surface area contributed by atoms with Gasteiger partial charge in [0, 0.05) is 0 Å². The minimum absolute atomic E-state index is 0.487. The number of hydrogen-bond acceptors (Lipinski definition) is 1. The molecule has 3 atom stereocenters. The van der Waals surface area contributed by atoms with E-state index in [4.69, 9.17) is 0 Å². The molecular weight excluding hydrogens is 254 g/mol. The van der Waals surface area contributed by atoms with E-state index in [1.165, 1.54) is 45.2 Å². The van der Waals surface area contributed by atoms with Gasteiger partial charge in [-0.3, -0.25) is 0 Å². The molecule has 0 spiro atoms. The van der Waals surface area contributed by atoms with Crippen molar-refractivity contribution in [3.8, 4) is 0 Å². The maximum Gasteiger partial charge on any atom is -0.00178 e. The van der Waals surface area contributed by atoms with Crippen molar-refractivity contribution < 1.29 is 0 Å². The Balaban J connectivity index is 2.53. The summed E-state index contributed by atoms with van der Waals surface area (Å²) in [5.41, 5.74) is 0.487. The van der Waals surface area contributed by atoms with E-state index in [2.05, 4.69) is 53.8 Å². The second kappa shape index (κ2) is 8.56. The van der Waals surface area contributed by atoms with Gasteiger partial charge in [-0.05, 0) is 80.2 Å². The second-order valence-corrected chi connectivity index (χ2v) is 9.49. The fourth-order valence-electron chi connectivity index (χ4n) is 3.77. The Kier molecular flexibility index (Phi) is 7.74. The van der Waals surface area contributed by atoms with E-state index in [9.17, 15) is 0 Å². The average Bonchev–Trinajstić information content (AvgIpc) is 2.35. The van der Waals surface area contributed by atoms with Crippen LogP contribution in [0.1, 0.15) is 80.6 Å². The molecule has 1 fully saturated rings. The molecule has 0 aromatic rings. The highest BCUT2D eigenvalue weighted by Crippen LogP contribution is 2.41. The van der Waals surface area contributed by atoms with Gasteiger partial charge in [0.1, 0.15) is 0 Å². The standard InChI is InChI=1S/C20H41N/c1-15(2)13-21-14-19-9-8-17(16(3)4)12-18(19)10-11-20(5,6)7/h15-19,21H,8-14H2,1-7H3. The summed E-state index contributed by atoms with van der Waals surface area (Å²) in [4.78, 5) is 0. The number of hydrogen-bond donors (Lipinski definition) is 1. The minimum atomic E-state index is 0.487. The molecule has 0 amide bonds. The zero-order chi connectivity index (χ0) is 16.0. The lowest BCUT2D eigenvalue weighted by atomic mass is 9.68. The largest absolute Gasteiger partial charge is 0.316 e. The molecule has 3 unspecified atom stereocenters. The molecular formula is C20H41N. The zero-order valence-corrected chi connectivity index (χ0v) is 15.8. The van der Waals surface area contributed by atoms with Gasteiger partial charge in [0.25, 0.3) is 0 Å². The average molecular weight is 296 g/mol. The molecule has 1 rings (SSSR count). The summed E-state index contributed by atoms with van der Waals surface area (Å²) in [6.45, 7) is 19.0. The fraction of sp³-hybridized carbons (Fsp3) is 1.00. The molecule has 21 heavy (non-hydrogen) atoms. The van der Waals surface area contributed by atoms with Crippen molar-refractivity contribution in [1.29, 1.82) is 0 Å². The Bertz CT molecular complexity index is 272. The molecule has 0 radical (unpaired) electrons. The maximum absolute atomic E-state index is 3.73. The maximum atomic E-state index is 3.73. The molecule has 1 aliphatic carbocycles. The topological polar surface area (TPSA) is 12.0 Å². The van der Waals surface area contributed by atoms with E-state index in [1.54, 1.807) is 0 Å². The van der Waals surface area contributed by atoms with E-state index in [0.717, 1.165) is 29.6 Å². The van der Waals surface area contributed by atoms with Gasteiger partial charge in [-0.15, -0.1) is 0 Å². The summed E-state index contributed by atoms with van der Waals surface area (Å²) in [5.74, 6) is 4.47. The van der Waals surface area contributed by atoms with Gasteiger partial charge < -0.3 is 5.32 Å². The predicted molar refractivity (Wildman–Crippen MR) is 95.6 cm³/mol. The van der Waals surface area contributed by atoms with Crippen molar-refractivity contribution in [2.45, 2.75) is 80.6 Å². The van der Waals surface area contributed by atoms with Crippen LogP contribution in [0.4, 0.5) is 0 Å². The summed E-state index contributed by atoms with van der Waals surface area (Å²) in [6, 6.07) is 0. The van der Waals surface area contributed by atoms with Crippen molar-refractivity contribution in [3.05, 3.63) is 0 Å². The van der Waals surface area contributed by atoms with Gasteiger partial charge in [0.05, 0.1) is 0 Å². The lowest BCUT2D eigenvalue weighted by Gasteiger charge is -2.39. The fourth-order valence-corrected chi connectivity index (χ4v) is 3.77. The van der Waals surface area contributed by atoms with Crippen LogP contribution in [0, 0.1) is 35.0 Å². The van der Waals surface area contributed by atoms with Crippen LogP contribution in [0.5, 0.6) is 0 Å². The highest BCUT2D eigenvalue weighted by atomic mass is 14.9. The number of rotatable bonds is 7. The summed E-state index contributed by atoms with van der Waals surface area (Å²) in [5, 5.41) is 3.73. The Labute approximate surface area is 134 Å². The van der Waals surface area contributed by atoms with E-state index in [-0.39, 0.29) is 0 Å². The molecule has 1 nitrogen and oxygen atoms in total. The normalized spacial score (nSPS) is 27.6. The first kappa shape index (κ1) is 19.0. The summed E-state index contributed by atoms with van der Waals surface area (Å²) >= 11 is 0. The molecule has 1 heteroatoms. The Hall–Kier alpha value is -0.0400. The van der Waals surface area contributed by atoms with Crippen molar-refractivity contribution in [2.24, 2.45) is 35.0 Å². The smallest absolute Gasteiger partial charge is 0.00178 e. The van der Waals surface area contributed by atoms with Gasteiger partial charge in [0.2, 0.25) is 0 Å². The monoisotopic (exact) mass is 295 g/mol. The third-order valence-corrected chi connectivity index (χ3v) is 5.35. The molecule has 1 N–H and O–H groups in total. The predicted octanol–water partition coefficient (Wildman–Crippen LogP) is 5.75. The van der Waals surface area contributed by atoms with Crippen LogP contribution in [-0.4, -0.2) is 13.1 Å². The van der Waals surface area contributed by atoms with Crippen LogP contribution in [0.3, 0.4) is 0 Å². The van der Waals surface area contributed by atoms with Crippen LogP contribution in [0.15, 0.2) is 0 Å². The van der Waals surface area contributed by atoms with Crippen LogP contribution in [-0.2, 0) is 0 Å². The van der Waals surface area contributed by atoms with Crippen LogP contribution in [0.2, 0.25) is 0 Å². The summed E-state index contributed by atoms with van der Waals surface area (Å²) in [7, 11) is 0. The first-order chi connectivity index (χ1) is 9.69. The second-order valence-electron chi connectivity index (χ2n) is 9.49. The third-order valence-electron chi connectivity index (χ3n) is 5.35. The van der Waals surface area contributed by atoms with Crippen LogP contribution >= 0.6 is 0 Å². The van der Waals surface area contributed by atoms with Gasteiger partial charge >= 0.3 is 0 Å². The van der Waals surface area contributed by atoms with Gasteiger partial charge in [-0.2, -0.15) is 0 Å². The first-order valence-corrected chi connectivity index (χ1v) is 9.39. The molecule has 1 aliphatic rings. The Morgan fingerprint density at radius 3 is 2.19 bits per heavy atom. The summed E-state index contributed by atoms with van der Waals surface area (Å²) in [6.07, 6.45) is 7.19. The lowest BCUT2D eigenvalue weighted by Crippen LogP contribution is -2.36. The van der Waals surface area contributed by atoms with Crippen molar-refractivity contribution in [3.63, 3.8) is 0 Å². The van der Waals surface area contributed by atoms with E-state index in [0.29, 0.717) is 5.41 Å². The van der Waals surface area contributed by atoms with Crippen molar-refractivity contribution in [2.75, 3.05) is 13.1 Å². The van der Waals surface area contributed by atoms with Gasteiger partial charge in [0.15, 0.2) is 0 Å². The third kappa shape index (κ3) is 7.68. The Morgan fingerprint density at radius 2 is 1.67 bits per heavy atom. The van der Waals surface area contributed by atoms with Crippen LogP contribution in [0.25, 0.3) is 0 Å². The Morgan fingerprint density at radius 1 is 1.00 bits per heavy atom. The molecule has 0 bridgehead atoms. The summed E-state index contributed by atoms with van der Waals surface area (Å²) < 4.78 is 0. The molecule has 0 aromatic heterocycles. The van der Waals surface area contributed by atoms with E-state index >= 15 is 0 Å². The molecule has 0 heterocycles. The zero-order valence-electron chi connectivity index (χ0n) is 15.8. The van der Waals surface area contributed by atoms with Crippen molar-refractivity contribution in [1.82, 2.24) is 5.32 Å². The molecule has 0 aromatic carbocycles. The molecule has 1 saturated carbocycles. The van der Waals surface area contributed by atoms with E-state index in [1.807, 2.05) is 0 Å². The van der Waals surface area contributed by atoms with Crippen LogP contribution < -0.4 is 5.32 Å². The van der Waals surface area contributed by atoms with E-state index < -0.39 is 0 Å². The minimum Gasteiger partial charge on any atom is -0.316 e. The van der Waals surface area contributed by atoms with Crippen molar-refractivity contribution >= 4 is 0 Å². The molecule has 126 valence electrons. The first-order valence-electron chi connectivity index (χ1n) is 9.39.